The summed E-state index contributed by atoms with van der Waals surface area (Å²) in [5.74, 6) is 2.51. The number of hydrogen-bond donors (Lipinski definition) is 2. The van der Waals surface area contributed by atoms with Crippen LogP contribution in [0.2, 0.25) is 0 Å². The van der Waals surface area contributed by atoms with Crippen LogP contribution < -0.4 is 11.1 Å². The van der Waals surface area contributed by atoms with Gasteiger partial charge in [0.25, 0.3) is 0 Å². The molecule has 0 aliphatic rings. The number of carbonyl (C=O) groups excluding carboxylic acids is 1. The lowest BCUT2D eigenvalue weighted by molar-refractivity contribution is -0.121. The molecule has 0 rings (SSSR count). The van der Waals surface area contributed by atoms with Crippen LogP contribution in [0.15, 0.2) is 0 Å². The Labute approximate surface area is 121 Å². The Balaban J connectivity index is 3.09. The first kappa shape index (κ1) is 18.9. The van der Waals surface area contributed by atoms with E-state index in [2.05, 4.69) is 11.2 Å². The van der Waals surface area contributed by atoms with Crippen molar-refractivity contribution < 1.29 is 19.0 Å². The second-order valence-electron chi connectivity index (χ2n) is 4.03. The third-order valence-corrected chi connectivity index (χ3v) is 2.30. The number of unbranched alkanes of at least 4 members (excludes halogenated alkanes) is 1. The molecule has 116 valence electrons. The van der Waals surface area contributed by atoms with E-state index in [0.717, 1.165) is 6.42 Å². The lowest BCUT2D eigenvalue weighted by Gasteiger charge is -2.07. The van der Waals surface area contributed by atoms with E-state index in [4.69, 9.17) is 26.4 Å². The van der Waals surface area contributed by atoms with Crippen LogP contribution in [0.3, 0.4) is 0 Å². The molecule has 0 bridgehead atoms. The molecule has 0 saturated carbocycles. The summed E-state index contributed by atoms with van der Waals surface area (Å²) < 4.78 is 15.7. The van der Waals surface area contributed by atoms with Crippen molar-refractivity contribution in [2.75, 3.05) is 52.7 Å². The summed E-state index contributed by atoms with van der Waals surface area (Å²) in [6, 6.07) is 0. The zero-order valence-corrected chi connectivity index (χ0v) is 12.1. The molecule has 0 atom stereocenters. The van der Waals surface area contributed by atoms with Crippen LogP contribution in [0.25, 0.3) is 0 Å². The molecule has 0 aliphatic carbocycles. The van der Waals surface area contributed by atoms with Gasteiger partial charge in [0.2, 0.25) is 5.91 Å². The molecule has 0 aromatic heterocycles. The Bertz CT molecular complexity index is 266. The maximum Gasteiger partial charge on any atom is 0.220 e. The topological polar surface area (TPSA) is 82.8 Å². The lowest BCUT2D eigenvalue weighted by Crippen LogP contribution is -2.27. The van der Waals surface area contributed by atoms with Crippen LogP contribution in [0.4, 0.5) is 0 Å². The van der Waals surface area contributed by atoms with Crippen LogP contribution in [0.1, 0.15) is 19.3 Å². The highest BCUT2D eigenvalue weighted by molar-refractivity contribution is 5.75. The number of ether oxygens (including phenoxy) is 3. The van der Waals surface area contributed by atoms with Crippen LogP contribution in [-0.4, -0.2) is 58.6 Å². The minimum absolute atomic E-state index is 0.0113. The molecule has 0 aliphatic heterocycles. The van der Waals surface area contributed by atoms with Crippen LogP contribution in [-0.2, 0) is 19.0 Å². The fourth-order valence-corrected chi connectivity index (χ4v) is 1.33. The molecule has 0 saturated heterocycles. The summed E-state index contributed by atoms with van der Waals surface area (Å²) in [6.07, 6.45) is 6.93. The van der Waals surface area contributed by atoms with Gasteiger partial charge in [-0.1, -0.05) is 0 Å². The van der Waals surface area contributed by atoms with E-state index in [0.29, 0.717) is 65.6 Å². The molecular weight excluding hydrogens is 260 g/mol. The van der Waals surface area contributed by atoms with Gasteiger partial charge in [0.05, 0.1) is 39.6 Å². The average Bonchev–Trinajstić information content (AvgIpc) is 2.45. The standard InChI is InChI=1S/C14H26N2O4/c1-2-3-4-5-14(17)16-7-9-19-11-13-20-12-10-18-8-6-15/h1H,3-13,15H2,(H,16,17). The fourth-order valence-electron chi connectivity index (χ4n) is 1.33. The number of terminal acetylenes is 1. The average molecular weight is 286 g/mol. The maximum absolute atomic E-state index is 11.3. The summed E-state index contributed by atoms with van der Waals surface area (Å²) in [5.41, 5.74) is 5.27. The van der Waals surface area contributed by atoms with Crippen molar-refractivity contribution in [1.29, 1.82) is 0 Å². The zero-order valence-electron chi connectivity index (χ0n) is 12.1. The number of rotatable bonds is 14. The summed E-state index contributed by atoms with van der Waals surface area (Å²) >= 11 is 0. The van der Waals surface area contributed by atoms with Crippen molar-refractivity contribution in [1.82, 2.24) is 5.32 Å². The van der Waals surface area contributed by atoms with Crippen molar-refractivity contribution in [3.05, 3.63) is 0 Å². The smallest absolute Gasteiger partial charge is 0.220 e. The summed E-state index contributed by atoms with van der Waals surface area (Å²) in [6.45, 7) is 4.17. The van der Waals surface area contributed by atoms with E-state index in [9.17, 15) is 4.79 Å². The molecule has 3 N–H and O–H groups in total. The van der Waals surface area contributed by atoms with Crippen molar-refractivity contribution in [3.63, 3.8) is 0 Å². The van der Waals surface area contributed by atoms with Crippen LogP contribution in [0, 0.1) is 12.3 Å². The van der Waals surface area contributed by atoms with E-state index in [1.165, 1.54) is 0 Å². The molecule has 6 nitrogen and oxygen atoms in total. The minimum Gasteiger partial charge on any atom is -0.378 e. The van der Waals surface area contributed by atoms with Gasteiger partial charge in [-0.25, -0.2) is 0 Å². The highest BCUT2D eigenvalue weighted by atomic mass is 16.5. The Morgan fingerprint density at radius 3 is 2.25 bits per heavy atom. The highest BCUT2D eigenvalue weighted by Crippen LogP contribution is 1.92. The normalized spacial score (nSPS) is 10.2. The molecule has 1 amide bonds. The zero-order chi connectivity index (χ0) is 14.9. The first-order valence-electron chi connectivity index (χ1n) is 6.94. The third-order valence-electron chi connectivity index (χ3n) is 2.30. The molecule has 0 unspecified atom stereocenters. The molecule has 0 heterocycles. The second kappa shape index (κ2) is 15.9. The van der Waals surface area contributed by atoms with Crippen molar-refractivity contribution >= 4 is 5.91 Å². The summed E-state index contributed by atoms with van der Waals surface area (Å²) in [7, 11) is 0. The molecular formula is C14H26N2O4. The van der Waals surface area contributed by atoms with Gasteiger partial charge in [0.15, 0.2) is 0 Å². The fraction of sp³-hybridized carbons (Fsp3) is 0.786. The second-order valence-corrected chi connectivity index (χ2v) is 4.03. The Kier molecular flexibility index (Phi) is 15.0. The van der Waals surface area contributed by atoms with Crippen molar-refractivity contribution in [2.24, 2.45) is 5.73 Å². The van der Waals surface area contributed by atoms with Gasteiger partial charge >= 0.3 is 0 Å². The van der Waals surface area contributed by atoms with Crippen LogP contribution in [0.5, 0.6) is 0 Å². The molecule has 6 heteroatoms. The molecule has 20 heavy (non-hydrogen) atoms. The number of nitrogens with one attached hydrogen (secondary N) is 1. The van der Waals surface area contributed by atoms with Crippen LogP contribution >= 0.6 is 0 Å². The quantitative estimate of drug-likeness (QED) is 0.344. The van der Waals surface area contributed by atoms with E-state index in [-0.39, 0.29) is 5.91 Å². The third kappa shape index (κ3) is 14.9. The minimum atomic E-state index is 0.0113. The maximum atomic E-state index is 11.3. The van der Waals surface area contributed by atoms with Gasteiger partial charge in [-0.05, 0) is 6.42 Å². The Hall–Kier alpha value is -1.13. The number of nitrogens with two attached hydrogens (primary N) is 1. The monoisotopic (exact) mass is 286 g/mol. The predicted octanol–water partition coefficient (Wildman–Crippen LogP) is -0.0854. The molecule has 0 aromatic rings. The molecule has 0 fully saturated rings. The van der Waals surface area contributed by atoms with Gasteiger partial charge in [-0.3, -0.25) is 4.79 Å². The van der Waals surface area contributed by atoms with E-state index < -0.39 is 0 Å². The lowest BCUT2D eigenvalue weighted by atomic mass is 10.2. The van der Waals surface area contributed by atoms with Crippen molar-refractivity contribution in [3.8, 4) is 12.3 Å². The first-order valence-corrected chi connectivity index (χ1v) is 6.94. The summed E-state index contributed by atoms with van der Waals surface area (Å²) in [4.78, 5) is 11.3. The van der Waals surface area contributed by atoms with Gasteiger partial charge in [0.1, 0.15) is 0 Å². The Morgan fingerprint density at radius 1 is 1.05 bits per heavy atom. The van der Waals surface area contributed by atoms with Gasteiger partial charge in [-0.15, -0.1) is 12.3 Å². The van der Waals surface area contributed by atoms with Gasteiger partial charge in [0, 0.05) is 25.9 Å². The largest absolute Gasteiger partial charge is 0.378 e. The first-order chi connectivity index (χ1) is 9.81. The Morgan fingerprint density at radius 2 is 1.65 bits per heavy atom. The number of carbonyl (C=O) groups is 1. The molecule has 0 radical (unpaired) electrons. The van der Waals surface area contributed by atoms with E-state index in [1.807, 2.05) is 0 Å². The molecule has 0 aromatic carbocycles. The van der Waals surface area contributed by atoms with E-state index >= 15 is 0 Å². The number of hydrogen-bond acceptors (Lipinski definition) is 5. The SMILES string of the molecule is C#CCCCC(=O)NCCOCCOCCOCCN. The predicted molar refractivity (Wildman–Crippen MR) is 77.2 cm³/mol. The summed E-state index contributed by atoms with van der Waals surface area (Å²) in [5, 5.41) is 2.76. The molecule has 0 spiro atoms. The van der Waals surface area contributed by atoms with E-state index in [1.54, 1.807) is 0 Å². The van der Waals surface area contributed by atoms with Gasteiger partial charge in [-0.2, -0.15) is 0 Å². The van der Waals surface area contributed by atoms with Crippen molar-refractivity contribution in [2.45, 2.75) is 19.3 Å². The number of amides is 1. The highest BCUT2D eigenvalue weighted by Gasteiger charge is 1.99. The van der Waals surface area contributed by atoms with Gasteiger partial charge < -0.3 is 25.3 Å².